The number of aromatic nitrogens is 2. The standard InChI is InChI=1S/C15H13FN2/c16-13-7-5-12(6-8-13)9-10-18-11-17-14-3-1-2-4-15(14)18/h1-8,11H,9-10H2. The van der Waals surface area contributed by atoms with Crippen LogP contribution < -0.4 is 0 Å². The largest absolute Gasteiger partial charge is 0.330 e. The predicted octanol–water partition coefficient (Wildman–Crippen LogP) is 3.42. The van der Waals surface area contributed by atoms with E-state index in [4.69, 9.17) is 0 Å². The highest BCUT2D eigenvalue weighted by Gasteiger charge is 2.01. The van der Waals surface area contributed by atoms with Gasteiger partial charge in [-0.05, 0) is 36.2 Å². The summed E-state index contributed by atoms with van der Waals surface area (Å²) in [5, 5.41) is 0. The number of halogens is 1. The molecule has 1 heterocycles. The monoisotopic (exact) mass is 240 g/mol. The number of aryl methyl sites for hydroxylation is 2. The van der Waals surface area contributed by atoms with Crippen molar-refractivity contribution in [2.24, 2.45) is 0 Å². The zero-order valence-corrected chi connectivity index (χ0v) is 9.88. The van der Waals surface area contributed by atoms with Crippen molar-refractivity contribution in [3.63, 3.8) is 0 Å². The van der Waals surface area contributed by atoms with Gasteiger partial charge in [0.2, 0.25) is 0 Å². The van der Waals surface area contributed by atoms with E-state index in [1.165, 1.54) is 12.1 Å². The molecule has 3 rings (SSSR count). The van der Waals surface area contributed by atoms with E-state index in [1.807, 2.05) is 36.7 Å². The zero-order chi connectivity index (χ0) is 12.4. The van der Waals surface area contributed by atoms with Crippen LogP contribution in [0.15, 0.2) is 54.9 Å². The summed E-state index contributed by atoms with van der Waals surface area (Å²) in [5.74, 6) is -0.188. The lowest BCUT2D eigenvalue weighted by Crippen LogP contribution is -1.99. The average Bonchev–Trinajstić information content (AvgIpc) is 2.82. The lowest BCUT2D eigenvalue weighted by Gasteiger charge is -2.04. The quantitative estimate of drug-likeness (QED) is 0.686. The van der Waals surface area contributed by atoms with Gasteiger partial charge in [0.25, 0.3) is 0 Å². The van der Waals surface area contributed by atoms with Crippen LogP contribution in [0.4, 0.5) is 4.39 Å². The molecule has 0 aliphatic carbocycles. The maximum absolute atomic E-state index is 12.8. The van der Waals surface area contributed by atoms with Gasteiger partial charge in [0.15, 0.2) is 0 Å². The minimum atomic E-state index is -0.188. The normalized spacial score (nSPS) is 10.9. The van der Waals surface area contributed by atoms with Gasteiger partial charge in [-0.25, -0.2) is 9.37 Å². The molecule has 0 atom stereocenters. The van der Waals surface area contributed by atoms with Crippen LogP contribution in [-0.2, 0) is 13.0 Å². The first-order valence-corrected chi connectivity index (χ1v) is 5.97. The summed E-state index contributed by atoms with van der Waals surface area (Å²) in [6, 6.07) is 14.7. The van der Waals surface area contributed by atoms with Gasteiger partial charge in [-0.1, -0.05) is 24.3 Å². The van der Waals surface area contributed by atoms with E-state index in [-0.39, 0.29) is 5.82 Å². The Morgan fingerprint density at radius 2 is 1.78 bits per heavy atom. The number of hydrogen-bond donors (Lipinski definition) is 0. The van der Waals surface area contributed by atoms with Crippen molar-refractivity contribution in [1.29, 1.82) is 0 Å². The Morgan fingerprint density at radius 3 is 2.61 bits per heavy atom. The highest BCUT2D eigenvalue weighted by molar-refractivity contribution is 5.74. The number of fused-ring (bicyclic) bond motifs is 1. The van der Waals surface area contributed by atoms with Gasteiger partial charge in [-0.15, -0.1) is 0 Å². The van der Waals surface area contributed by atoms with Crippen LogP contribution in [0.2, 0.25) is 0 Å². The first-order valence-electron chi connectivity index (χ1n) is 5.97. The van der Waals surface area contributed by atoms with E-state index >= 15 is 0 Å². The molecule has 2 aromatic carbocycles. The van der Waals surface area contributed by atoms with Crippen molar-refractivity contribution < 1.29 is 4.39 Å². The molecular weight excluding hydrogens is 227 g/mol. The van der Waals surface area contributed by atoms with Crippen LogP contribution >= 0.6 is 0 Å². The third kappa shape index (κ3) is 2.12. The molecule has 0 fully saturated rings. The number of rotatable bonds is 3. The third-order valence-electron chi connectivity index (χ3n) is 3.08. The summed E-state index contributed by atoms with van der Waals surface area (Å²) < 4.78 is 14.9. The molecule has 0 radical (unpaired) electrons. The molecule has 1 aromatic heterocycles. The molecule has 3 aromatic rings. The van der Waals surface area contributed by atoms with E-state index in [1.54, 1.807) is 0 Å². The molecular formula is C15H13FN2. The predicted molar refractivity (Wildman–Crippen MR) is 69.8 cm³/mol. The second kappa shape index (κ2) is 4.61. The molecule has 90 valence electrons. The fourth-order valence-electron chi connectivity index (χ4n) is 2.09. The Kier molecular flexibility index (Phi) is 2.81. The van der Waals surface area contributed by atoms with E-state index in [9.17, 15) is 4.39 Å². The van der Waals surface area contributed by atoms with Gasteiger partial charge in [-0.3, -0.25) is 0 Å². The third-order valence-corrected chi connectivity index (χ3v) is 3.08. The second-order valence-corrected chi connectivity index (χ2v) is 4.30. The van der Waals surface area contributed by atoms with Gasteiger partial charge >= 0.3 is 0 Å². The molecule has 0 aliphatic heterocycles. The number of benzene rings is 2. The molecule has 0 spiro atoms. The summed E-state index contributed by atoms with van der Waals surface area (Å²) in [4.78, 5) is 4.35. The summed E-state index contributed by atoms with van der Waals surface area (Å²) in [6.07, 6.45) is 2.73. The highest BCUT2D eigenvalue weighted by Crippen LogP contribution is 2.13. The lowest BCUT2D eigenvalue weighted by atomic mass is 10.1. The molecule has 0 N–H and O–H groups in total. The van der Waals surface area contributed by atoms with Crippen LogP contribution in [0.25, 0.3) is 11.0 Å². The van der Waals surface area contributed by atoms with Gasteiger partial charge in [-0.2, -0.15) is 0 Å². The van der Waals surface area contributed by atoms with E-state index in [2.05, 4.69) is 15.6 Å². The fraction of sp³-hybridized carbons (Fsp3) is 0.133. The van der Waals surface area contributed by atoms with Crippen LogP contribution in [0.3, 0.4) is 0 Å². The molecule has 0 saturated carbocycles. The van der Waals surface area contributed by atoms with Gasteiger partial charge in [0.1, 0.15) is 5.82 Å². The van der Waals surface area contributed by atoms with Crippen LogP contribution in [0.1, 0.15) is 5.56 Å². The molecule has 0 unspecified atom stereocenters. The molecule has 3 heteroatoms. The van der Waals surface area contributed by atoms with Crippen molar-refractivity contribution in [2.45, 2.75) is 13.0 Å². The van der Waals surface area contributed by atoms with E-state index < -0.39 is 0 Å². The Morgan fingerprint density at radius 1 is 1.00 bits per heavy atom. The van der Waals surface area contributed by atoms with Crippen LogP contribution in [-0.4, -0.2) is 9.55 Å². The maximum Gasteiger partial charge on any atom is 0.123 e. The Balaban J connectivity index is 1.79. The molecule has 18 heavy (non-hydrogen) atoms. The van der Waals surface area contributed by atoms with Crippen molar-refractivity contribution in [3.05, 3.63) is 66.2 Å². The lowest BCUT2D eigenvalue weighted by molar-refractivity contribution is 0.626. The van der Waals surface area contributed by atoms with Crippen molar-refractivity contribution in [2.75, 3.05) is 0 Å². The van der Waals surface area contributed by atoms with Crippen LogP contribution in [0.5, 0.6) is 0 Å². The fourth-order valence-corrected chi connectivity index (χ4v) is 2.09. The SMILES string of the molecule is Fc1ccc(CCn2cnc3ccccc32)cc1. The minimum absolute atomic E-state index is 0.188. The highest BCUT2D eigenvalue weighted by atomic mass is 19.1. The molecule has 2 nitrogen and oxygen atoms in total. The summed E-state index contributed by atoms with van der Waals surface area (Å²) >= 11 is 0. The maximum atomic E-state index is 12.8. The first kappa shape index (κ1) is 11.0. The number of hydrogen-bond acceptors (Lipinski definition) is 1. The molecule has 0 aliphatic rings. The Bertz CT molecular complexity index is 656. The first-order chi connectivity index (χ1) is 8.83. The molecule has 0 bridgehead atoms. The van der Waals surface area contributed by atoms with E-state index in [0.29, 0.717) is 0 Å². The topological polar surface area (TPSA) is 17.8 Å². The zero-order valence-electron chi connectivity index (χ0n) is 9.88. The number of para-hydroxylation sites is 2. The molecule has 0 saturated heterocycles. The minimum Gasteiger partial charge on any atom is -0.330 e. The van der Waals surface area contributed by atoms with E-state index in [0.717, 1.165) is 29.6 Å². The number of imidazole rings is 1. The smallest absolute Gasteiger partial charge is 0.123 e. The van der Waals surface area contributed by atoms with Crippen molar-refractivity contribution in [3.8, 4) is 0 Å². The van der Waals surface area contributed by atoms with Crippen molar-refractivity contribution >= 4 is 11.0 Å². The van der Waals surface area contributed by atoms with Crippen LogP contribution in [0, 0.1) is 5.82 Å². The average molecular weight is 240 g/mol. The summed E-state index contributed by atoms with van der Waals surface area (Å²) in [5.41, 5.74) is 3.28. The van der Waals surface area contributed by atoms with Gasteiger partial charge in [0, 0.05) is 6.54 Å². The summed E-state index contributed by atoms with van der Waals surface area (Å²) in [6.45, 7) is 0.853. The second-order valence-electron chi connectivity index (χ2n) is 4.30. The van der Waals surface area contributed by atoms with Crippen molar-refractivity contribution in [1.82, 2.24) is 9.55 Å². The molecule has 0 amide bonds. The summed E-state index contributed by atoms with van der Waals surface area (Å²) in [7, 11) is 0. The Hall–Kier alpha value is -2.16. The Labute approximate surface area is 105 Å². The number of nitrogens with zero attached hydrogens (tertiary/aromatic N) is 2. The van der Waals surface area contributed by atoms with Gasteiger partial charge < -0.3 is 4.57 Å². The van der Waals surface area contributed by atoms with Gasteiger partial charge in [0.05, 0.1) is 17.4 Å².